The van der Waals surface area contributed by atoms with Crippen molar-refractivity contribution < 1.29 is 4.74 Å². The van der Waals surface area contributed by atoms with Gasteiger partial charge in [-0.15, -0.1) is 0 Å². The van der Waals surface area contributed by atoms with Gasteiger partial charge in [0.15, 0.2) is 0 Å². The summed E-state index contributed by atoms with van der Waals surface area (Å²) in [6.07, 6.45) is 7.97. The molecule has 0 amide bonds. The van der Waals surface area contributed by atoms with Gasteiger partial charge in [0, 0.05) is 46.7 Å². The third-order valence-electron chi connectivity index (χ3n) is 7.50. The Kier molecular flexibility index (Phi) is 5.38. The van der Waals surface area contributed by atoms with E-state index >= 15 is 0 Å². The van der Waals surface area contributed by atoms with Crippen LogP contribution in [0.1, 0.15) is 11.1 Å². The maximum Gasteiger partial charge on any atom is 0.219 e. The Morgan fingerprint density at radius 1 is 0.537 bits per heavy atom. The van der Waals surface area contributed by atoms with E-state index in [0.717, 1.165) is 56.2 Å². The first kappa shape index (κ1) is 23.2. The molecule has 194 valence electrons. The van der Waals surface area contributed by atoms with Crippen molar-refractivity contribution >= 4 is 51.2 Å². The van der Waals surface area contributed by atoms with E-state index in [2.05, 4.69) is 112 Å². The average Bonchev–Trinajstić information content (AvgIpc) is 3.26. The van der Waals surface area contributed by atoms with E-state index in [1.807, 2.05) is 42.6 Å². The number of hydrogen-bond acceptors (Lipinski definition) is 4. The average molecular weight is 529 g/mol. The largest absolute Gasteiger partial charge is 0.439 e. The minimum Gasteiger partial charge on any atom is -0.439 e. The zero-order chi connectivity index (χ0) is 27.2. The predicted molar refractivity (Wildman–Crippen MR) is 166 cm³/mol. The molecule has 0 unspecified atom stereocenters. The highest BCUT2D eigenvalue weighted by atomic mass is 16.5. The normalized spacial score (nSPS) is 12.2. The Morgan fingerprint density at radius 2 is 1.34 bits per heavy atom. The molecule has 4 heterocycles. The summed E-state index contributed by atoms with van der Waals surface area (Å²) in [6.45, 7) is 0. The fraction of sp³-hybridized carbons (Fsp3) is 0. The van der Waals surface area contributed by atoms with Gasteiger partial charge in [-0.1, -0.05) is 66.7 Å². The second-order valence-corrected chi connectivity index (χ2v) is 9.97. The Bertz CT molecular complexity index is 2040. The van der Waals surface area contributed by atoms with Crippen LogP contribution >= 0.6 is 0 Å². The SMILES string of the molecule is C1=Cc2ccc(-n3c4ccccc4c4cccnc43)cc2N(c2cccc(Oc3ccccn3)c2)c2ccccc21. The van der Waals surface area contributed by atoms with Gasteiger partial charge in [0.1, 0.15) is 11.4 Å². The van der Waals surface area contributed by atoms with Crippen LogP contribution in [0.15, 0.2) is 134 Å². The Balaban J connectivity index is 1.34. The summed E-state index contributed by atoms with van der Waals surface area (Å²) in [5.41, 5.74) is 8.53. The van der Waals surface area contributed by atoms with Crippen molar-refractivity contribution in [2.75, 3.05) is 4.90 Å². The van der Waals surface area contributed by atoms with Gasteiger partial charge >= 0.3 is 0 Å². The molecule has 8 rings (SSSR count). The van der Waals surface area contributed by atoms with Crippen LogP contribution in [-0.2, 0) is 0 Å². The Morgan fingerprint density at radius 3 is 2.27 bits per heavy atom. The van der Waals surface area contributed by atoms with Crippen molar-refractivity contribution in [1.29, 1.82) is 0 Å². The molecule has 0 spiro atoms. The summed E-state index contributed by atoms with van der Waals surface area (Å²) < 4.78 is 8.38. The van der Waals surface area contributed by atoms with Crippen molar-refractivity contribution in [3.05, 3.63) is 145 Å². The van der Waals surface area contributed by atoms with Gasteiger partial charge in [-0.2, -0.15) is 0 Å². The van der Waals surface area contributed by atoms with Gasteiger partial charge in [0.2, 0.25) is 5.88 Å². The smallest absolute Gasteiger partial charge is 0.219 e. The number of fused-ring (bicyclic) bond motifs is 5. The summed E-state index contributed by atoms with van der Waals surface area (Å²) in [4.78, 5) is 11.4. The van der Waals surface area contributed by atoms with E-state index in [-0.39, 0.29) is 0 Å². The van der Waals surface area contributed by atoms with Gasteiger partial charge in [-0.3, -0.25) is 4.57 Å². The summed E-state index contributed by atoms with van der Waals surface area (Å²) in [5.74, 6) is 1.28. The number of rotatable bonds is 4. The van der Waals surface area contributed by atoms with Crippen LogP contribution in [0.4, 0.5) is 17.1 Å². The molecule has 1 aliphatic heterocycles. The fourth-order valence-corrected chi connectivity index (χ4v) is 5.70. The molecule has 0 saturated heterocycles. The molecule has 0 aliphatic carbocycles. The van der Waals surface area contributed by atoms with E-state index in [0.29, 0.717) is 5.88 Å². The van der Waals surface area contributed by atoms with E-state index < -0.39 is 0 Å². The van der Waals surface area contributed by atoms with E-state index in [1.165, 1.54) is 5.39 Å². The monoisotopic (exact) mass is 528 g/mol. The van der Waals surface area contributed by atoms with Gasteiger partial charge in [-0.25, -0.2) is 9.97 Å². The molecule has 0 N–H and O–H groups in total. The highest BCUT2D eigenvalue weighted by molar-refractivity contribution is 6.08. The molecular weight excluding hydrogens is 504 g/mol. The van der Waals surface area contributed by atoms with Crippen LogP contribution in [0.5, 0.6) is 11.6 Å². The van der Waals surface area contributed by atoms with Crippen molar-refractivity contribution in [3.63, 3.8) is 0 Å². The topological polar surface area (TPSA) is 43.2 Å². The molecule has 0 atom stereocenters. The van der Waals surface area contributed by atoms with Crippen LogP contribution in [0, 0.1) is 0 Å². The highest BCUT2D eigenvalue weighted by Crippen LogP contribution is 2.44. The lowest BCUT2D eigenvalue weighted by molar-refractivity contribution is 0.463. The predicted octanol–water partition coefficient (Wildman–Crippen LogP) is 9.32. The summed E-state index contributed by atoms with van der Waals surface area (Å²) in [6, 6.07) is 41.6. The Hall–Kier alpha value is -5.68. The molecule has 0 saturated carbocycles. The first-order chi connectivity index (χ1) is 20.3. The molecule has 0 fully saturated rings. The van der Waals surface area contributed by atoms with Crippen molar-refractivity contribution in [2.45, 2.75) is 0 Å². The molecule has 5 nitrogen and oxygen atoms in total. The lowest BCUT2D eigenvalue weighted by atomic mass is 10.1. The summed E-state index contributed by atoms with van der Waals surface area (Å²) in [7, 11) is 0. The van der Waals surface area contributed by atoms with Crippen molar-refractivity contribution in [1.82, 2.24) is 14.5 Å². The fourth-order valence-electron chi connectivity index (χ4n) is 5.70. The second-order valence-electron chi connectivity index (χ2n) is 9.97. The van der Waals surface area contributed by atoms with Gasteiger partial charge in [0.05, 0.1) is 16.9 Å². The number of aromatic nitrogens is 3. The van der Waals surface area contributed by atoms with Crippen molar-refractivity contribution in [2.24, 2.45) is 0 Å². The third kappa shape index (κ3) is 3.95. The number of nitrogens with zero attached hydrogens (tertiary/aromatic N) is 4. The molecule has 41 heavy (non-hydrogen) atoms. The van der Waals surface area contributed by atoms with Gasteiger partial charge < -0.3 is 9.64 Å². The first-order valence-corrected chi connectivity index (χ1v) is 13.6. The number of anilines is 3. The van der Waals surface area contributed by atoms with Crippen LogP contribution in [-0.4, -0.2) is 14.5 Å². The maximum atomic E-state index is 6.13. The number of pyridine rings is 2. The second kappa shape index (κ2) is 9.50. The zero-order valence-electron chi connectivity index (χ0n) is 22.1. The molecule has 0 bridgehead atoms. The van der Waals surface area contributed by atoms with Crippen LogP contribution in [0.2, 0.25) is 0 Å². The van der Waals surface area contributed by atoms with E-state index in [1.54, 1.807) is 6.20 Å². The van der Waals surface area contributed by atoms with Gasteiger partial charge in [-0.05, 0) is 65.7 Å². The van der Waals surface area contributed by atoms with Crippen LogP contribution in [0.3, 0.4) is 0 Å². The molecular formula is C36H24N4O. The van der Waals surface area contributed by atoms with Crippen LogP contribution < -0.4 is 9.64 Å². The first-order valence-electron chi connectivity index (χ1n) is 13.6. The molecule has 7 aromatic rings. The number of para-hydroxylation sites is 2. The quantitative estimate of drug-likeness (QED) is 0.228. The Labute approximate surface area is 237 Å². The van der Waals surface area contributed by atoms with Crippen molar-refractivity contribution in [3.8, 4) is 17.3 Å². The molecule has 4 aromatic carbocycles. The van der Waals surface area contributed by atoms with Crippen LogP contribution in [0.25, 0.3) is 39.8 Å². The number of benzene rings is 4. The molecule has 5 heteroatoms. The molecule has 3 aromatic heterocycles. The zero-order valence-corrected chi connectivity index (χ0v) is 22.1. The third-order valence-corrected chi connectivity index (χ3v) is 7.50. The summed E-state index contributed by atoms with van der Waals surface area (Å²) >= 11 is 0. The lowest BCUT2D eigenvalue weighted by Crippen LogP contribution is -2.12. The highest BCUT2D eigenvalue weighted by Gasteiger charge is 2.22. The maximum absolute atomic E-state index is 6.13. The molecule has 1 aliphatic rings. The van der Waals surface area contributed by atoms with E-state index in [4.69, 9.17) is 9.72 Å². The lowest BCUT2D eigenvalue weighted by Gasteiger charge is -2.28. The van der Waals surface area contributed by atoms with E-state index in [9.17, 15) is 0 Å². The minimum atomic E-state index is 0.559. The minimum absolute atomic E-state index is 0.559. The standard InChI is InChI=1S/C36H24N4O/c1-3-14-32-25(9-1)17-18-26-19-20-28(40-33-15-4-2-12-30(33)31-13-8-22-38-36(31)40)24-34(26)39(32)27-10-7-11-29(23-27)41-35-16-5-6-21-37-35/h1-24H. The molecule has 0 radical (unpaired) electrons. The van der Waals surface area contributed by atoms with Gasteiger partial charge in [0.25, 0.3) is 0 Å². The number of hydrogen-bond donors (Lipinski definition) is 0. The number of ether oxygens (including phenoxy) is 1. The summed E-state index contributed by atoms with van der Waals surface area (Å²) in [5, 5.41) is 2.33.